The molecular weight excluding hydrogens is 304 g/mol. The van der Waals surface area contributed by atoms with Crippen LogP contribution >= 0.6 is 0 Å². The van der Waals surface area contributed by atoms with Crippen LogP contribution in [0, 0.1) is 0 Å². The minimum atomic E-state index is -5.33. The van der Waals surface area contributed by atoms with Gasteiger partial charge in [-0.05, 0) is 18.2 Å². The molecule has 112 valence electrons. The number of benzene rings is 1. The third-order valence-corrected chi connectivity index (χ3v) is 2.22. The van der Waals surface area contributed by atoms with Gasteiger partial charge in [-0.3, -0.25) is 0 Å². The van der Waals surface area contributed by atoms with Gasteiger partial charge in [-0.1, -0.05) is 0 Å². The zero-order chi connectivity index (χ0) is 15.9. The molecule has 0 amide bonds. The van der Waals surface area contributed by atoms with Gasteiger partial charge < -0.3 is 5.11 Å². The standard InChI is InChI=1S/C10H4F8O2/c11-8(12,7(19)20)4-1-5(9(13,14)15)3-6(2-4)10(16,17)18/h1-3H,(H,19,20). The number of carbonyl (C=O) groups is 1. The van der Waals surface area contributed by atoms with Crippen molar-refractivity contribution in [1.29, 1.82) is 0 Å². The molecule has 20 heavy (non-hydrogen) atoms. The van der Waals surface area contributed by atoms with Gasteiger partial charge in [-0.2, -0.15) is 35.1 Å². The average Bonchev–Trinajstić information content (AvgIpc) is 2.25. The van der Waals surface area contributed by atoms with Crippen LogP contribution in [-0.4, -0.2) is 11.1 Å². The molecule has 0 bridgehead atoms. The molecular formula is C10H4F8O2. The van der Waals surface area contributed by atoms with E-state index in [0.717, 1.165) is 0 Å². The average molecular weight is 308 g/mol. The summed E-state index contributed by atoms with van der Waals surface area (Å²) in [6.45, 7) is 0. The first-order valence-corrected chi connectivity index (χ1v) is 4.67. The summed E-state index contributed by atoms with van der Waals surface area (Å²) in [7, 11) is 0. The van der Waals surface area contributed by atoms with Crippen molar-refractivity contribution in [2.45, 2.75) is 18.3 Å². The van der Waals surface area contributed by atoms with E-state index in [-0.39, 0.29) is 18.2 Å². The summed E-state index contributed by atoms with van der Waals surface area (Å²) >= 11 is 0. The molecule has 0 saturated heterocycles. The van der Waals surface area contributed by atoms with Gasteiger partial charge >= 0.3 is 24.2 Å². The Labute approximate surface area is 105 Å². The zero-order valence-corrected chi connectivity index (χ0v) is 9.11. The van der Waals surface area contributed by atoms with E-state index in [9.17, 15) is 39.9 Å². The van der Waals surface area contributed by atoms with Gasteiger partial charge in [0.2, 0.25) is 0 Å². The predicted molar refractivity (Wildman–Crippen MR) is 48.0 cm³/mol. The number of rotatable bonds is 2. The Balaban J connectivity index is 3.59. The van der Waals surface area contributed by atoms with E-state index in [1.165, 1.54) is 0 Å². The quantitative estimate of drug-likeness (QED) is 0.841. The first-order chi connectivity index (χ1) is 8.76. The summed E-state index contributed by atoms with van der Waals surface area (Å²) in [4.78, 5) is 10.2. The lowest BCUT2D eigenvalue weighted by molar-refractivity contribution is -0.167. The second kappa shape index (κ2) is 4.60. The molecule has 0 aliphatic rings. The van der Waals surface area contributed by atoms with E-state index in [1.807, 2.05) is 0 Å². The molecule has 1 rings (SSSR count). The van der Waals surface area contributed by atoms with Gasteiger partial charge in [0, 0.05) is 5.56 Å². The third kappa shape index (κ3) is 3.17. The molecule has 1 N–H and O–H groups in total. The highest BCUT2D eigenvalue weighted by atomic mass is 19.4. The first-order valence-electron chi connectivity index (χ1n) is 4.67. The van der Waals surface area contributed by atoms with Crippen LogP contribution in [-0.2, 0) is 23.1 Å². The van der Waals surface area contributed by atoms with Gasteiger partial charge in [0.25, 0.3) is 0 Å². The number of halogens is 8. The van der Waals surface area contributed by atoms with Gasteiger partial charge in [0.15, 0.2) is 0 Å². The number of hydrogen-bond donors (Lipinski definition) is 1. The van der Waals surface area contributed by atoms with Crippen molar-refractivity contribution in [3.63, 3.8) is 0 Å². The minimum Gasteiger partial charge on any atom is -0.477 e. The summed E-state index contributed by atoms with van der Waals surface area (Å²) in [5.41, 5.74) is -5.92. The van der Waals surface area contributed by atoms with Crippen LogP contribution in [0.25, 0.3) is 0 Å². The fourth-order valence-corrected chi connectivity index (χ4v) is 1.26. The van der Waals surface area contributed by atoms with E-state index in [1.54, 1.807) is 0 Å². The Hall–Kier alpha value is -1.87. The summed E-state index contributed by atoms with van der Waals surface area (Å²) in [6.07, 6.45) is -10.7. The van der Waals surface area contributed by atoms with Gasteiger partial charge in [-0.25, -0.2) is 4.79 Å². The molecule has 0 heterocycles. The molecule has 10 heteroatoms. The number of carboxylic acid groups (broad SMARTS) is 1. The number of alkyl halides is 8. The molecule has 0 unspecified atom stereocenters. The first kappa shape index (κ1) is 16.2. The normalized spacial score (nSPS) is 13.4. The van der Waals surface area contributed by atoms with Crippen LogP contribution in [0.3, 0.4) is 0 Å². The molecule has 0 radical (unpaired) electrons. The van der Waals surface area contributed by atoms with Crippen molar-refractivity contribution in [3.05, 3.63) is 34.9 Å². The van der Waals surface area contributed by atoms with E-state index in [0.29, 0.717) is 0 Å². The van der Waals surface area contributed by atoms with Crippen LogP contribution < -0.4 is 0 Å². The van der Waals surface area contributed by atoms with Crippen molar-refractivity contribution in [1.82, 2.24) is 0 Å². The van der Waals surface area contributed by atoms with Crippen molar-refractivity contribution >= 4 is 5.97 Å². The third-order valence-electron chi connectivity index (χ3n) is 2.22. The predicted octanol–water partition coefficient (Wildman–Crippen LogP) is 3.90. The van der Waals surface area contributed by atoms with Crippen LogP contribution in [0.2, 0.25) is 0 Å². The van der Waals surface area contributed by atoms with Crippen molar-refractivity contribution < 1.29 is 45.0 Å². The fourth-order valence-electron chi connectivity index (χ4n) is 1.26. The SMILES string of the molecule is O=C(O)C(F)(F)c1cc(C(F)(F)F)cc(C(F)(F)F)c1. The molecule has 0 atom stereocenters. The van der Waals surface area contributed by atoms with Crippen molar-refractivity contribution in [2.75, 3.05) is 0 Å². The molecule has 2 nitrogen and oxygen atoms in total. The maximum Gasteiger partial charge on any atom is 0.416 e. The Kier molecular flexibility index (Phi) is 3.72. The maximum absolute atomic E-state index is 13.1. The minimum absolute atomic E-state index is 0.330. The molecule has 0 saturated carbocycles. The monoisotopic (exact) mass is 308 g/mol. The largest absolute Gasteiger partial charge is 0.477 e. The van der Waals surface area contributed by atoms with Crippen LogP contribution in [0.1, 0.15) is 16.7 Å². The maximum atomic E-state index is 13.1. The summed E-state index contributed by atoms with van der Waals surface area (Å²) in [5, 5.41) is 8.17. The van der Waals surface area contributed by atoms with Crippen LogP contribution in [0.15, 0.2) is 18.2 Å². The number of aliphatic carboxylic acids is 1. The fraction of sp³-hybridized carbons (Fsp3) is 0.300. The summed E-state index contributed by atoms with van der Waals surface area (Å²) in [5.74, 6) is -7.73. The molecule has 0 spiro atoms. The van der Waals surface area contributed by atoms with Crippen molar-refractivity contribution in [2.24, 2.45) is 0 Å². The van der Waals surface area contributed by atoms with Gasteiger partial charge in [0.1, 0.15) is 0 Å². The lowest BCUT2D eigenvalue weighted by Gasteiger charge is -2.17. The molecule has 1 aromatic carbocycles. The van der Waals surface area contributed by atoms with E-state index >= 15 is 0 Å². The number of hydrogen-bond acceptors (Lipinski definition) is 1. The lowest BCUT2D eigenvalue weighted by atomic mass is 10.0. The van der Waals surface area contributed by atoms with Crippen LogP contribution in [0.5, 0.6) is 0 Å². The molecule has 0 fully saturated rings. The Bertz CT molecular complexity index is 497. The molecule has 0 aliphatic heterocycles. The molecule has 0 aromatic heterocycles. The summed E-state index contributed by atoms with van der Waals surface area (Å²) < 4.78 is 100. The Morgan fingerprint density at radius 2 is 1.05 bits per heavy atom. The number of carboxylic acids is 1. The van der Waals surface area contributed by atoms with E-state index in [4.69, 9.17) is 5.11 Å². The second-order valence-corrected chi connectivity index (χ2v) is 3.67. The van der Waals surface area contributed by atoms with Crippen LogP contribution in [0.4, 0.5) is 35.1 Å². The topological polar surface area (TPSA) is 37.3 Å². The molecule has 1 aromatic rings. The van der Waals surface area contributed by atoms with Gasteiger partial charge in [0.05, 0.1) is 11.1 Å². The van der Waals surface area contributed by atoms with E-state index < -0.39 is 40.9 Å². The summed E-state index contributed by atoms with van der Waals surface area (Å²) in [6, 6.07) is -1.03. The highest BCUT2D eigenvalue weighted by molar-refractivity contribution is 5.77. The van der Waals surface area contributed by atoms with Gasteiger partial charge in [-0.15, -0.1) is 0 Å². The highest BCUT2D eigenvalue weighted by Crippen LogP contribution is 2.39. The lowest BCUT2D eigenvalue weighted by Crippen LogP contribution is -2.26. The Morgan fingerprint density at radius 3 is 1.30 bits per heavy atom. The molecule has 0 aliphatic carbocycles. The second-order valence-electron chi connectivity index (χ2n) is 3.67. The zero-order valence-electron chi connectivity index (χ0n) is 9.11. The van der Waals surface area contributed by atoms with E-state index in [2.05, 4.69) is 0 Å². The Morgan fingerprint density at radius 1 is 0.750 bits per heavy atom. The smallest absolute Gasteiger partial charge is 0.416 e. The van der Waals surface area contributed by atoms with Crippen molar-refractivity contribution in [3.8, 4) is 0 Å². The highest BCUT2D eigenvalue weighted by Gasteiger charge is 2.45.